The van der Waals surface area contributed by atoms with E-state index in [0.29, 0.717) is 5.41 Å². The van der Waals surface area contributed by atoms with Crippen molar-refractivity contribution in [1.82, 2.24) is 0 Å². The number of rotatable bonds is 24. The Bertz CT molecular complexity index is 426. The second kappa shape index (κ2) is 20.6. The summed E-state index contributed by atoms with van der Waals surface area (Å²) < 4.78 is 0. The summed E-state index contributed by atoms with van der Waals surface area (Å²) >= 11 is 0. The van der Waals surface area contributed by atoms with Gasteiger partial charge in [-0.15, -0.1) is 0 Å². The van der Waals surface area contributed by atoms with Crippen molar-refractivity contribution in [3.8, 4) is 0 Å². The second-order valence-corrected chi connectivity index (χ2v) is 11.7. The monoisotopic (exact) mass is 480 g/mol. The third kappa shape index (κ3) is 14.1. The Morgan fingerprint density at radius 2 is 0.971 bits per heavy atom. The molecule has 0 aromatic carbocycles. The lowest BCUT2D eigenvalue weighted by Gasteiger charge is -2.42. The van der Waals surface area contributed by atoms with Crippen molar-refractivity contribution in [3.63, 3.8) is 0 Å². The molecule has 0 fully saturated rings. The highest BCUT2D eigenvalue weighted by atomic mass is 16.4. The summed E-state index contributed by atoms with van der Waals surface area (Å²) in [6.45, 7) is 16.2. The highest BCUT2D eigenvalue weighted by Gasteiger charge is 2.36. The molecule has 0 spiro atoms. The van der Waals surface area contributed by atoms with Crippen LogP contribution in [0.2, 0.25) is 0 Å². The zero-order valence-corrected chi connectivity index (χ0v) is 24.6. The zero-order valence-electron chi connectivity index (χ0n) is 24.6. The highest BCUT2D eigenvalue weighted by molar-refractivity contribution is 5.69. The van der Waals surface area contributed by atoms with Crippen LogP contribution >= 0.6 is 0 Å². The van der Waals surface area contributed by atoms with Crippen LogP contribution in [0, 0.1) is 29.1 Å². The van der Waals surface area contributed by atoms with Crippen LogP contribution in [0.1, 0.15) is 170 Å². The molecule has 0 rings (SSSR count). The fraction of sp³-hybridized carbons (Fsp3) is 0.969. The average Bonchev–Trinajstić information content (AvgIpc) is 2.84. The van der Waals surface area contributed by atoms with Gasteiger partial charge in [-0.25, -0.2) is 0 Å². The van der Waals surface area contributed by atoms with Gasteiger partial charge in [0.05, 0.1) is 5.92 Å². The Kier molecular flexibility index (Phi) is 20.3. The quantitative estimate of drug-likeness (QED) is 0.149. The lowest BCUT2D eigenvalue weighted by atomic mass is 9.63. The molecule has 204 valence electrons. The lowest BCUT2D eigenvalue weighted by Crippen LogP contribution is -2.31. The molecular formula is C32H64O2. The Morgan fingerprint density at radius 3 is 1.24 bits per heavy atom. The fourth-order valence-corrected chi connectivity index (χ4v) is 6.45. The lowest BCUT2D eigenvalue weighted by molar-refractivity contribution is -0.142. The summed E-state index contributed by atoms with van der Waals surface area (Å²) in [5, 5.41) is 9.64. The maximum Gasteiger partial charge on any atom is 0.306 e. The van der Waals surface area contributed by atoms with Crippen LogP contribution in [0.4, 0.5) is 0 Å². The molecule has 2 heteroatoms. The first-order valence-corrected chi connectivity index (χ1v) is 15.6. The molecule has 34 heavy (non-hydrogen) atoms. The second-order valence-electron chi connectivity index (χ2n) is 11.7. The minimum atomic E-state index is -0.591. The number of aliphatic carboxylic acids is 1. The van der Waals surface area contributed by atoms with Gasteiger partial charge >= 0.3 is 5.97 Å². The topological polar surface area (TPSA) is 37.3 Å². The van der Waals surface area contributed by atoms with E-state index in [1.165, 1.54) is 103 Å². The van der Waals surface area contributed by atoms with Crippen molar-refractivity contribution >= 4 is 5.97 Å². The molecule has 0 bridgehead atoms. The van der Waals surface area contributed by atoms with E-state index in [1.807, 2.05) is 6.92 Å². The molecule has 0 aromatic heterocycles. The average molecular weight is 481 g/mol. The van der Waals surface area contributed by atoms with Crippen LogP contribution < -0.4 is 0 Å². The number of hydrogen-bond donors (Lipinski definition) is 1. The molecule has 0 aliphatic rings. The molecule has 4 unspecified atom stereocenters. The van der Waals surface area contributed by atoms with Crippen LogP contribution in [0.25, 0.3) is 0 Å². The first-order chi connectivity index (χ1) is 16.3. The predicted molar refractivity (Wildman–Crippen MR) is 151 cm³/mol. The Morgan fingerprint density at radius 1 is 0.588 bits per heavy atom. The largest absolute Gasteiger partial charge is 0.481 e. The molecule has 0 heterocycles. The maximum atomic E-state index is 11.7. The predicted octanol–water partition coefficient (Wildman–Crippen LogP) is 11.1. The molecule has 0 aliphatic carbocycles. The molecule has 0 radical (unpaired) electrons. The van der Waals surface area contributed by atoms with Crippen LogP contribution in [0.3, 0.4) is 0 Å². The van der Waals surface area contributed by atoms with Crippen LogP contribution in [-0.4, -0.2) is 11.1 Å². The maximum absolute atomic E-state index is 11.7. The van der Waals surface area contributed by atoms with Gasteiger partial charge in [0.25, 0.3) is 0 Å². The van der Waals surface area contributed by atoms with Crippen molar-refractivity contribution in [2.75, 3.05) is 0 Å². The van der Waals surface area contributed by atoms with E-state index < -0.39 is 5.97 Å². The van der Waals surface area contributed by atoms with Crippen molar-refractivity contribution in [1.29, 1.82) is 0 Å². The van der Waals surface area contributed by atoms with Gasteiger partial charge in [-0.05, 0) is 61.7 Å². The van der Waals surface area contributed by atoms with Crippen LogP contribution in [0.15, 0.2) is 0 Å². The first kappa shape index (κ1) is 33.5. The summed E-state index contributed by atoms with van der Waals surface area (Å²) in [6.07, 6.45) is 24.0. The van der Waals surface area contributed by atoms with Gasteiger partial charge in [-0.3, -0.25) is 4.79 Å². The van der Waals surface area contributed by atoms with Gasteiger partial charge in [-0.2, -0.15) is 0 Å². The normalized spacial score (nSPS) is 17.1. The Hall–Kier alpha value is -0.530. The SMILES string of the molecule is CCCCC(CC)CC(CCCC(CC)C(=O)O)(CC(CC)CCCC)CC(CC)CCCC. The number of carboxylic acids is 1. The van der Waals surface area contributed by atoms with Gasteiger partial charge in [0, 0.05) is 0 Å². The van der Waals surface area contributed by atoms with E-state index in [1.54, 1.807) is 0 Å². The molecule has 1 N–H and O–H groups in total. The van der Waals surface area contributed by atoms with E-state index in [-0.39, 0.29) is 5.92 Å². The third-order valence-corrected chi connectivity index (χ3v) is 8.90. The van der Waals surface area contributed by atoms with Gasteiger partial charge < -0.3 is 5.11 Å². The molecule has 0 saturated carbocycles. The van der Waals surface area contributed by atoms with E-state index >= 15 is 0 Å². The minimum absolute atomic E-state index is 0.163. The molecule has 0 saturated heterocycles. The first-order valence-electron chi connectivity index (χ1n) is 15.6. The minimum Gasteiger partial charge on any atom is -0.481 e. The highest BCUT2D eigenvalue weighted by Crippen LogP contribution is 2.48. The van der Waals surface area contributed by atoms with Crippen molar-refractivity contribution in [2.24, 2.45) is 29.1 Å². The van der Waals surface area contributed by atoms with E-state index in [2.05, 4.69) is 41.5 Å². The molecule has 0 amide bonds. The summed E-state index contributed by atoms with van der Waals surface area (Å²) in [4.78, 5) is 11.7. The molecule has 4 atom stereocenters. The van der Waals surface area contributed by atoms with Crippen LogP contribution in [-0.2, 0) is 4.79 Å². The number of unbranched alkanes of at least 4 members (excludes halogenated alkanes) is 3. The molecule has 0 aromatic rings. The van der Waals surface area contributed by atoms with Crippen LogP contribution in [0.5, 0.6) is 0 Å². The Balaban J connectivity index is 5.95. The summed E-state index contributed by atoms with van der Waals surface area (Å²) in [6, 6.07) is 0. The fourth-order valence-electron chi connectivity index (χ4n) is 6.45. The van der Waals surface area contributed by atoms with Gasteiger partial charge in [0.1, 0.15) is 0 Å². The smallest absolute Gasteiger partial charge is 0.306 e. The summed E-state index contributed by atoms with van der Waals surface area (Å²) in [5.41, 5.74) is 0.397. The van der Waals surface area contributed by atoms with E-state index in [4.69, 9.17) is 0 Å². The zero-order chi connectivity index (χ0) is 25.8. The summed E-state index contributed by atoms with van der Waals surface area (Å²) in [7, 11) is 0. The van der Waals surface area contributed by atoms with Gasteiger partial charge in [0.2, 0.25) is 0 Å². The van der Waals surface area contributed by atoms with Crippen molar-refractivity contribution in [2.45, 2.75) is 170 Å². The van der Waals surface area contributed by atoms with E-state index in [9.17, 15) is 9.90 Å². The molecule has 0 aliphatic heterocycles. The number of hydrogen-bond acceptors (Lipinski definition) is 1. The standard InChI is InChI=1S/C32H64O2/c1-8-15-19-27(11-4)24-32(25-28(12-5)20-16-9-2,26-29(13-6)21-17-10-3)23-18-22-30(14-7)31(33)34/h27-30H,8-26H2,1-7H3,(H,33,34). The van der Waals surface area contributed by atoms with Gasteiger partial charge in [0.15, 0.2) is 0 Å². The van der Waals surface area contributed by atoms with Crippen molar-refractivity contribution < 1.29 is 9.90 Å². The van der Waals surface area contributed by atoms with E-state index in [0.717, 1.165) is 37.0 Å². The molecular weight excluding hydrogens is 416 g/mol. The number of carbonyl (C=O) groups is 1. The van der Waals surface area contributed by atoms with Crippen molar-refractivity contribution in [3.05, 3.63) is 0 Å². The third-order valence-electron chi connectivity index (χ3n) is 8.90. The van der Waals surface area contributed by atoms with Gasteiger partial charge in [-0.1, -0.05) is 132 Å². The molecule has 2 nitrogen and oxygen atoms in total. The Labute approximate surface area is 215 Å². The number of carboxylic acid groups (broad SMARTS) is 1. The summed E-state index contributed by atoms with van der Waals surface area (Å²) in [5.74, 6) is 1.73.